The van der Waals surface area contributed by atoms with Gasteiger partial charge in [-0.2, -0.15) is 0 Å². The summed E-state index contributed by atoms with van der Waals surface area (Å²) >= 11 is 3.53. The van der Waals surface area contributed by atoms with Crippen molar-refractivity contribution in [3.8, 4) is 0 Å². The van der Waals surface area contributed by atoms with Crippen LogP contribution in [0.4, 0.5) is 5.82 Å². The number of nitrogens with zero attached hydrogens (tertiary/aromatic N) is 2. The Labute approximate surface area is 99.8 Å². The Morgan fingerprint density at radius 2 is 1.93 bits per heavy atom. The highest BCUT2D eigenvalue weighted by atomic mass is 79.9. The van der Waals surface area contributed by atoms with E-state index in [2.05, 4.69) is 31.9 Å². The largest absolute Gasteiger partial charge is 0.356 e. The van der Waals surface area contributed by atoms with Crippen LogP contribution in [-0.2, 0) is 5.33 Å². The molecule has 0 aliphatic carbocycles. The van der Waals surface area contributed by atoms with Gasteiger partial charge < -0.3 is 4.90 Å². The second kappa shape index (κ2) is 5.50. The molecular weight excluding hydrogens is 252 g/mol. The van der Waals surface area contributed by atoms with Gasteiger partial charge in [-0.1, -0.05) is 34.8 Å². The topological polar surface area (TPSA) is 16.1 Å². The van der Waals surface area contributed by atoms with Crippen LogP contribution in [0.15, 0.2) is 18.3 Å². The number of alkyl halides is 1. The second-order valence-corrected chi connectivity index (χ2v) is 4.58. The Morgan fingerprint density at radius 1 is 1.20 bits per heavy atom. The molecule has 1 aliphatic heterocycles. The summed E-state index contributed by atoms with van der Waals surface area (Å²) < 4.78 is 0. The van der Waals surface area contributed by atoms with Gasteiger partial charge in [0.05, 0.1) is 0 Å². The molecule has 15 heavy (non-hydrogen) atoms. The summed E-state index contributed by atoms with van der Waals surface area (Å²) in [4.78, 5) is 6.94. The molecular formula is C12H17BrN2. The quantitative estimate of drug-likeness (QED) is 0.765. The van der Waals surface area contributed by atoms with E-state index in [1.54, 1.807) is 0 Å². The van der Waals surface area contributed by atoms with Gasteiger partial charge in [0, 0.05) is 30.2 Å². The molecule has 1 aromatic rings. The van der Waals surface area contributed by atoms with E-state index < -0.39 is 0 Å². The number of hydrogen-bond donors (Lipinski definition) is 0. The smallest absolute Gasteiger partial charge is 0.132 e. The van der Waals surface area contributed by atoms with Crippen molar-refractivity contribution < 1.29 is 0 Å². The molecule has 1 fully saturated rings. The summed E-state index contributed by atoms with van der Waals surface area (Å²) in [6.07, 6.45) is 7.24. The predicted molar refractivity (Wildman–Crippen MR) is 67.5 cm³/mol. The van der Waals surface area contributed by atoms with Crippen LogP contribution in [0.5, 0.6) is 0 Å². The first-order valence-corrected chi connectivity index (χ1v) is 6.79. The highest BCUT2D eigenvalue weighted by molar-refractivity contribution is 9.08. The van der Waals surface area contributed by atoms with Crippen molar-refractivity contribution in [3.63, 3.8) is 0 Å². The molecule has 0 aromatic carbocycles. The van der Waals surface area contributed by atoms with Gasteiger partial charge >= 0.3 is 0 Å². The van der Waals surface area contributed by atoms with Crippen LogP contribution < -0.4 is 4.90 Å². The molecule has 0 amide bonds. The molecule has 1 saturated heterocycles. The first kappa shape index (κ1) is 10.9. The highest BCUT2D eigenvalue weighted by Crippen LogP contribution is 2.22. The first-order chi connectivity index (χ1) is 7.42. The molecule has 1 aromatic heterocycles. The molecule has 2 rings (SSSR count). The third kappa shape index (κ3) is 2.71. The minimum absolute atomic E-state index is 0.896. The van der Waals surface area contributed by atoms with Crippen molar-refractivity contribution in [1.82, 2.24) is 4.98 Å². The summed E-state index contributed by atoms with van der Waals surface area (Å²) in [6, 6.07) is 4.17. The lowest BCUT2D eigenvalue weighted by Gasteiger charge is -2.23. The zero-order valence-corrected chi connectivity index (χ0v) is 10.5. The summed E-state index contributed by atoms with van der Waals surface area (Å²) in [5.41, 5.74) is 1.31. The summed E-state index contributed by atoms with van der Waals surface area (Å²) in [6.45, 7) is 2.33. The SMILES string of the molecule is BrCc1cccnc1N1CCCCCC1. The van der Waals surface area contributed by atoms with E-state index in [1.807, 2.05) is 12.3 Å². The predicted octanol–water partition coefficient (Wildman–Crippen LogP) is 3.36. The van der Waals surface area contributed by atoms with Crippen molar-refractivity contribution in [2.24, 2.45) is 0 Å². The second-order valence-electron chi connectivity index (χ2n) is 4.02. The lowest BCUT2D eigenvalue weighted by atomic mass is 10.2. The van der Waals surface area contributed by atoms with Crippen LogP contribution in [-0.4, -0.2) is 18.1 Å². The molecule has 0 atom stereocenters. The average Bonchev–Trinajstić information content (AvgIpc) is 2.57. The third-order valence-corrected chi connectivity index (χ3v) is 3.52. The highest BCUT2D eigenvalue weighted by Gasteiger charge is 2.13. The molecule has 0 saturated carbocycles. The normalized spacial score (nSPS) is 17.5. The molecule has 2 nitrogen and oxygen atoms in total. The fourth-order valence-corrected chi connectivity index (χ4v) is 2.54. The van der Waals surface area contributed by atoms with Gasteiger partial charge in [-0.15, -0.1) is 0 Å². The molecule has 0 spiro atoms. The maximum absolute atomic E-state index is 4.51. The number of hydrogen-bond acceptors (Lipinski definition) is 2. The number of halogens is 1. The Morgan fingerprint density at radius 3 is 2.60 bits per heavy atom. The molecule has 2 heterocycles. The molecule has 1 aliphatic rings. The van der Waals surface area contributed by atoms with Gasteiger partial charge in [0.2, 0.25) is 0 Å². The fourth-order valence-electron chi connectivity index (χ4n) is 2.10. The Hall–Kier alpha value is -0.570. The molecule has 0 N–H and O–H groups in total. The lowest BCUT2D eigenvalue weighted by molar-refractivity contribution is 0.726. The van der Waals surface area contributed by atoms with E-state index >= 15 is 0 Å². The van der Waals surface area contributed by atoms with E-state index in [0.29, 0.717) is 0 Å². The van der Waals surface area contributed by atoms with Gasteiger partial charge in [0.25, 0.3) is 0 Å². The average molecular weight is 269 g/mol. The van der Waals surface area contributed by atoms with Crippen LogP contribution in [0.2, 0.25) is 0 Å². The van der Waals surface area contributed by atoms with E-state index in [1.165, 1.54) is 37.1 Å². The summed E-state index contributed by atoms with van der Waals surface area (Å²) in [7, 11) is 0. The maximum Gasteiger partial charge on any atom is 0.132 e. The lowest BCUT2D eigenvalue weighted by Crippen LogP contribution is -2.25. The first-order valence-electron chi connectivity index (χ1n) is 5.66. The molecule has 0 unspecified atom stereocenters. The van der Waals surface area contributed by atoms with E-state index in [9.17, 15) is 0 Å². The van der Waals surface area contributed by atoms with E-state index in [-0.39, 0.29) is 0 Å². The number of anilines is 1. The van der Waals surface area contributed by atoms with Crippen molar-refractivity contribution in [1.29, 1.82) is 0 Å². The third-order valence-electron chi connectivity index (χ3n) is 2.92. The van der Waals surface area contributed by atoms with Crippen molar-refractivity contribution in [2.45, 2.75) is 31.0 Å². The van der Waals surface area contributed by atoms with Crippen molar-refractivity contribution in [2.75, 3.05) is 18.0 Å². The Balaban J connectivity index is 2.18. The number of pyridine rings is 1. The van der Waals surface area contributed by atoms with Crippen LogP contribution in [0.25, 0.3) is 0 Å². The molecule has 0 radical (unpaired) electrons. The van der Waals surface area contributed by atoms with Gasteiger partial charge in [-0.3, -0.25) is 0 Å². The molecule has 3 heteroatoms. The minimum atomic E-state index is 0.896. The van der Waals surface area contributed by atoms with Crippen molar-refractivity contribution >= 4 is 21.7 Å². The summed E-state index contributed by atoms with van der Waals surface area (Å²) in [5.74, 6) is 1.18. The molecule has 82 valence electrons. The van der Waals surface area contributed by atoms with Crippen LogP contribution in [0, 0.1) is 0 Å². The van der Waals surface area contributed by atoms with Crippen LogP contribution >= 0.6 is 15.9 Å². The van der Waals surface area contributed by atoms with Gasteiger partial charge in [-0.05, 0) is 18.9 Å². The Bertz CT molecular complexity index is 306. The fraction of sp³-hybridized carbons (Fsp3) is 0.583. The van der Waals surface area contributed by atoms with Crippen LogP contribution in [0.1, 0.15) is 31.2 Å². The van der Waals surface area contributed by atoms with Crippen LogP contribution in [0.3, 0.4) is 0 Å². The minimum Gasteiger partial charge on any atom is -0.356 e. The van der Waals surface area contributed by atoms with E-state index in [0.717, 1.165) is 18.4 Å². The van der Waals surface area contributed by atoms with Gasteiger partial charge in [0.15, 0.2) is 0 Å². The standard InChI is InChI=1S/C12H17BrN2/c13-10-11-6-5-7-14-12(11)15-8-3-1-2-4-9-15/h5-7H,1-4,8-10H2. The molecule has 0 bridgehead atoms. The zero-order valence-electron chi connectivity index (χ0n) is 8.95. The van der Waals surface area contributed by atoms with E-state index in [4.69, 9.17) is 0 Å². The van der Waals surface area contributed by atoms with Gasteiger partial charge in [-0.25, -0.2) is 4.98 Å². The zero-order chi connectivity index (χ0) is 10.5. The number of rotatable bonds is 2. The number of aromatic nitrogens is 1. The Kier molecular flexibility index (Phi) is 4.01. The van der Waals surface area contributed by atoms with Gasteiger partial charge in [0.1, 0.15) is 5.82 Å². The summed E-state index contributed by atoms with van der Waals surface area (Å²) in [5, 5.41) is 0.896. The van der Waals surface area contributed by atoms with Crippen molar-refractivity contribution in [3.05, 3.63) is 23.9 Å². The monoisotopic (exact) mass is 268 g/mol. The maximum atomic E-state index is 4.51.